The molecule has 0 aromatic heterocycles. The Hall–Kier alpha value is -1.02. The lowest BCUT2D eigenvalue weighted by Gasteiger charge is -2.28. The van der Waals surface area contributed by atoms with E-state index in [1.807, 2.05) is 19.9 Å². The lowest BCUT2D eigenvalue weighted by atomic mass is 9.80. The summed E-state index contributed by atoms with van der Waals surface area (Å²) in [6.07, 6.45) is 4.49. The lowest BCUT2D eigenvalue weighted by molar-refractivity contribution is 0.118. The highest BCUT2D eigenvalue weighted by Crippen LogP contribution is 2.36. The van der Waals surface area contributed by atoms with Crippen molar-refractivity contribution in [1.82, 2.24) is 0 Å². The third-order valence-corrected chi connectivity index (χ3v) is 3.92. The van der Waals surface area contributed by atoms with Crippen molar-refractivity contribution in [1.29, 1.82) is 0 Å². The second kappa shape index (κ2) is 5.09. The Kier molecular flexibility index (Phi) is 3.72. The number of hydrogen-bond donors (Lipinski definition) is 1. The molecule has 0 saturated heterocycles. The second-order valence-corrected chi connectivity index (χ2v) is 5.23. The fourth-order valence-electron chi connectivity index (χ4n) is 2.56. The zero-order chi connectivity index (χ0) is 12.4. The summed E-state index contributed by atoms with van der Waals surface area (Å²) in [5, 5.41) is 10.3. The minimum absolute atomic E-state index is 0.315. The summed E-state index contributed by atoms with van der Waals surface area (Å²) in [6.45, 7) is 4.07. The van der Waals surface area contributed by atoms with Crippen LogP contribution < -0.4 is 4.74 Å². The number of ether oxygens (including phenoxy) is 1. The first kappa shape index (κ1) is 12.4. The molecule has 0 heterocycles. The van der Waals surface area contributed by atoms with Crippen molar-refractivity contribution in [2.75, 3.05) is 7.11 Å². The maximum atomic E-state index is 10.3. The van der Waals surface area contributed by atoms with Crippen molar-refractivity contribution in [2.24, 2.45) is 5.92 Å². The van der Waals surface area contributed by atoms with Crippen molar-refractivity contribution < 1.29 is 9.84 Å². The van der Waals surface area contributed by atoms with Gasteiger partial charge in [-0.3, -0.25) is 0 Å². The van der Waals surface area contributed by atoms with Crippen LogP contribution in [0.15, 0.2) is 12.1 Å². The zero-order valence-corrected chi connectivity index (χ0v) is 11.0. The molecule has 1 aliphatic rings. The van der Waals surface area contributed by atoms with Crippen LogP contribution in [0.3, 0.4) is 0 Å². The Morgan fingerprint density at radius 2 is 2.00 bits per heavy atom. The zero-order valence-electron chi connectivity index (χ0n) is 11.0. The smallest absolute Gasteiger partial charge is 0.122 e. The van der Waals surface area contributed by atoms with Gasteiger partial charge in [0.15, 0.2) is 0 Å². The van der Waals surface area contributed by atoms with Crippen molar-refractivity contribution in [3.8, 4) is 5.75 Å². The molecule has 0 bridgehead atoms. The van der Waals surface area contributed by atoms with Crippen LogP contribution in [-0.2, 0) is 0 Å². The summed E-state index contributed by atoms with van der Waals surface area (Å²) < 4.78 is 5.29. The first-order valence-electron chi connectivity index (χ1n) is 6.45. The Labute approximate surface area is 104 Å². The van der Waals surface area contributed by atoms with Crippen LogP contribution in [0.5, 0.6) is 5.75 Å². The Morgan fingerprint density at radius 3 is 2.53 bits per heavy atom. The molecule has 1 atom stereocenters. The standard InChI is InChI=1S/C15H22O2/c1-10-8-15(17-3)11(2)7-13(10)14(16)9-12-5-4-6-12/h7-8,12,14,16H,4-6,9H2,1-3H3. The molecule has 1 aromatic carbocycles. The highest BCUT2D eigenvalue weighted by molar-refractivity contribution is 5.42. The predicted octanol–water partition coefficient (Wildman–Crippen LogP) is 3.54. The highest BCUT2D eigenvalue weighted by atomic mass is 16.5. The van der Waals surface area contributed by atoms with Crippen molar-refractivity contribution in [2.45, 2.75) is 45.6 Å². The second-order valence-electron chi connectivity index (χ2n) is 5.23. The van der Waals surface area contributed by atoms with E-state index in [1.54, 1.807) is 7.11 Å². The summed E-state index contributed by atoms with van der Waals surface area (Å²) in [5.41, 5.74) is 3.29. The lowest BCUT2D eigenvalue weighted by Crippen LogP contribution is -2.15. The van der Waals surface area contributed by atoms with E-state index in [1.165, 1.54) is 19.3 Å². The average Bonchev–Trinajstić information content (AvgIpc) is 2.25. The molecule has 0 spiro atoms. The Bertz CT molecular complexity index is 394. The minimum atomic E-state index is -0.315. The van der Waals surface area contributed by atoms with Gasteiger partial charge in [0.25, 0.3) is 0 Å². The Balaban J connectivity index is 2.16. The van der Waals surface area contributed by atoms with Gasteiger partial charge in [0.2, 0.25) is 0 Å². The molecule has 1 unspecified atom stereocenters. The van der Waals surface area contributed by atoms with E-state index in [-0.39, 0.29) is 6.10 Å². The van der Waals surface area contributed by atoms with Gasteiger partial charge in [-0.2, -0.15) is 0 Å². The number of hydrogen-bond acceptors (Lipinski definition) is 2. The fraction of sp³-hybridized carbons (Fsp3) is 0.600. The van der Waals surface area contributed by atoms with Gasteiger partial charge in [0.05, 0.1) is 13.2 Å². The van der Waals surface area contributed by atoms with Gasteiger partial charge >= 0.3 is 0 Å². The third-order valence-electron chi connectivity index (χ3n) is 3.92. The van der Waals surface area contributed by atoms with Gasteiger partial charge in [-0.25, -0.2) is 0 Å². The number of methoxy groups -OCH3 is 1. The van der Waals surface area contributed by atoms with Crippen LogP contribution in [0.2, 0.25) is 0 Å². The summed E-state index contributed by atoms with van der Waals surface area (Å²) in [7, 11) is 1.69. The van der Waals surface area contributed by atoms with E-state index >= 15 is 0 Å². The number of benzene rings is 1. The minimum Gasteiger partial charge on any atom is -0.496 e. The molecule has 1 aromatic rings. The normalized spacial score (nSPS) is 17.6. The van der Waals surface area contributed by atoms with E-state index in [9.17, 15) is 5.11 Å². The van der Waals surface area contributed by atoms with Crippen LogP contribution in [0, 0.1) is 19.8 Å². The number of aryl methyl sites for hydroxylation is 2. The molecular formula is C15H22O2. The SMILES string of the molecule is COc1cc(C)c(C(O)CC2CCC2)cc1C. The molecular weight excluding hydrogens is 212 g/mol. The molecule has 2 nitrogen and oxygen atoms in total. The molecule has 2 heteroatoms. The fourth-order valence-corrected chi connectivity index (χ4v) is 2.56. The molecule has 1 fully saturated rings. The van der Waals surface area contributed by atoms with Gasteiger partial charge in [-0.15, -0.1) is 0 Å². The number of rotatable bonds is 4. The largest absolute Gasteiger partial charge is 0.496 e. The highest BCUT2D eigenvalue weighted by Gasteiger charge is 2.23. The van der Waals surface area contributed by atoms with Gasteiger partial charge in [-0.1, -0.05) is 19.3 Å². The average molecular weight is 234 g/mol. The van der Waals surface area contributed by atoms with Crippen molar-refractivity contribution >= 4 is 0 Å². The van der Waals surface area contributed by atoms with Gasteiger partial charge in [0, 0.05) is 0 Å². The van der Waals surface area contributed by atoms with Gasteiger partial charge < -0.3 is 9.84 Å². The summed E-state index contributed by atoms with van der Waals surface area (Å²) in [4.78, 5) is 0. The molecule has 2 rings (SSSR count). The maximum Gasteiger partial charge on any atom is 0.122 e. The van der Waals surface area contributed by atoms with Crippen molar-refractivity contribution in [3.63, 3.8) is 0 Å². The van der Waals surface area contributed by atoms with Crippen LogP contribution in [0.1, 0.15) is 48.5 Å². The topological polar surface area (TPSA) is 29.5 Å². The number of aliphatic hydroxyl groups is 1. The molecule has 1 aliphatic carbocycles. The van der Waals surface area contributed by atoms with E-state index in [2.05, 4.69) is 6.07 Å². The van der Waals surface area contributed by atoms with E-state index in [0.29, 0.717) is 0 Å². The molecule has 0 radical (unpaired) electrons. The molecule has 17 heavy (non-hydrogen) atoms. The molecule has 0 aliphatic heterocycles. The van der Waals surface area contributed by atoms with E-state index in [4.69, 9.17) is 4.74 Å². The first-order chi connectivity index (χ1) is 8.11. The van der Waals surface area contributed by atoms with Crippen LogP contribution >= 0.6 is 0 Å². The summed E-state index contributed by atoms with van der Waals surface area (Å²) in [6, 6.07) is 4.09. The first-order valence-corrected chi connectivity index (χ1v) is 6.45. The molecule has 94 valence electrons. The number of aliphatic hydroxyl groups excluding tert-OH is 1. The molecule has 0 amide bonds. The third kappa shape index (κ3) is 2.63. The quantitative estimate of drug-likeness (QED) is 0.863. The maximum absolute atomic E-state index is 10.3. The monoisotopic (exact) mass is 234 g/mol. The van der Waals surface area contributed by atoms with E-state index < -0.39 is 0 Å². The van der Waals surface area contributed by atoms with E-state index in [0.717, 1.165) is 34.8 Å². The Morgan fingerprint density at radius 1 is 1.29 bits per heavy atom. The molecule has 1 saturated carbocycles. The summed E-state index contributed by atoms with van der Waals surface area (Å²) in [5.74, 6) is 1.63. The van der Waals surface area contributed by atoms with Crippen molar-refractivity contribution in [3.05, 3.63) is 28.8 Å². The van der Waals surface area contributed by atoms with Gasteiger partial charge in [0.1, 0.15) is 5.75 Å². The van der Waals surface area contributed by atoms with Crippen LogP contribution in [0.25, 0.3) is 0 Å². The molecule has 1 N–H and O–H groups in total. The van der Waals surface area contributed by atoms with Crippen LogP contribution in [-0.4, -0.2) is 12.2 Å². The van der Waals surface area contributed by atoms with Gasteiger partial charge in [-0.05, 0) is 55.0 Å². The summed E-state index contributed by atoms with van der Waals surface area (Å²) >= 11 is 0. The van der Waals surface area contributed by atoms with Crippen LogP contribution in [0.4, 0.5) is 0 Å². The predicted molar refractivity (Wildman–Crippen MR) is 69.4 cm³/mol.